The molecule has 3 heteroatoms. The highest BCUT2D eigenvalue weighted by Crippen LogP contribution is 2.30. The van der Waals surface area contributed by atoms with Gasteiger partial charge in [0, 0.05) is 5.92 Å². The van der Waals surface area contributed by atoms with Crippen LogP contribution in [0.2, 0.25) is 0 Å². The van der Waals surface area contributed by atoms with Gasteiger partial charge in [0.2, 0.25) is 5.91 Å². The van der Waals surface area contributed by atoms with Crippen molar-refractivity contribution in [3.63, 3.8) is 0 Å². The van der Waals surface area contributed by atoms with Crippen LogP contribution in [-0.4, -0.2) is 19.1 Å². The molecule has 0 saturated carbocycles. The number of hydrogen-bond acceptors (Lipinski definition) is 2. The first-order chi connectivity index (χ1) is 8.82. The largest absolute Gasteiger partial charge is 0.491 e. The Bertz CT molecular complexity index is 419. The summed E-state index contributed by atoms with van der Waals surface area (Å²) in [6.45, 7) is 11.3. The van der Waals surface area contributed by atoms with Gasteiger partial charge < -0.3 is 10.1 Å². The van der Waals surface area contributed by atoms with Crippen molar-refractivity contribution in [3.05, 3.63) is 29.8 Å². The molecule has 0 fully saturated rings. The molecule has 0 spiro atoms. The second-order valence-electron chi connectivity index (χ2n) is 6.04. The lowest BCUT2D eigenvalue weighted by Crippen LogP contribution is -2.31. The number of para-hydroxylation sites is 1. The number of ether oxygens (including phenoxy) is 1. The maximum Gasteiger partial charge on any atom is 0.222 e. The normalized spacial score (nSPS) is 11.5. The summed E-state index contributed by atoms with van der Waals surface area (Å²) in [6.07, 6.45) is 0. The summed E-state index contributed by atoms with van der Waals surface area (Å²) in [7, 11) is 0. The molecule has 106 valence electrons. The Balaban J connectivity index is 2.53. The van der Waals surface area contributed by atoms with Crippen LogP contribution < -0.4 is 10.1 Å². The van der Waals surface area contributed by atoms with Gasteiger partial charge in [-0.3, -0.25) is 4.79 Å². The van der Waals surface area contributed by atoms with E-state index in [0.29, 0.717) is 13.2 Å². The highest BCUT2D eigenvalue weighted by Gasteiger charge is 2.18. The Labute approximate surface area is 116 Å². The molecular formula is C16H25NO2. The van der Waals surface area contributed by atoms with Gasteiger partial charge in [0.15, 0.2) is 0 Å². The molecule has 0 saturated heterocycles. The molecule has 1 amide bonds. The minimum Gasteiger partial charge on any atom is -0.491 e. The fourth-order valence-corrected chi connectivity index (χ4v) is 1.75. The quantitative estimate of drug-likeness (QED) is 0.829. The molecule has 0 unspecified atom stereocenters. The molecule has 1 aromatic carbocycles. The third-order valence-electron chi connectivity index (χ3n) is 2.88. The summed E-state index contributed by atoms with van der Waals surface area (Å²) in [4.78, 5) is 11.4. The number of rotatable bonds is 5. The summed E-state index contributed by atoms with van der Waals surface area (Å²) in [6, 6.07) is 8.05. The van der Waals surface area contributed by atoms with Crippen LogP contribution in [0.1, 0.15) is 40.2 Å². The first-order valence-corrected chi connectivity index (χ1v) is 6.82. The molecule has 0 heterocycles. The van der Waals surface area contributed by atoms with Gasteiger partial charge in [0.05, 0.1) is 6.54 Å². The molecule has 19 heavy (non-hydrogen) atoms. The van der Waals surface area contributed by atoms with E-state index in [0.717, 1.165) is 5.75 Å². The lowest BCUT2D eigenvalue weighted by atomic mass is 9.86. The maximum absolute atomic E-state index is 11.4. The van der Waals surface area contributed by atoms with Crippen molar-refractivity contribution in [1.82, 2.24) is 5.32 Å². The van der Waals surface area contributed by atoms with E-state index < -0.39 is 0 Å². The van der Waals surface area contributed by atoms with Crippen molar-refractivity contribution in [1.29, 1.82) is 0 Å². The zero-order valence-corrected chi connectivity index (χ0v) is 12.6. The Hall–Kier alpha value is -1.51. The van der Waals surface area contributed by atoms with Crippen LogP contribution in [0.5, 0.6) is 5.75 Å². The molecule has 0 aromatic heterocycles. The number of benzene rings is 1. The molecule has 1 aromatic rings. The molecule has 0 bridgehead atoms. The summed E-state index contributed by atoms with van der Waals surface area (Å²) >= 11 is 0. The van der Waals surface area contributed by atoms with Crippen molar-refractivity contribution in [2.75, 3.05) is 13.2 Å². The monoisotopic (exact) mass is 263 g/mol. The number of hydrogen-bond donors (Lipinski definition) is 1. The van der Waals surface area contributed by atoms with E-state index in [1.807, 2.05) is 32.0 Å². The second-order valence-corrected chi connectivity index (χ2v) is 6.04. The maximum atomic E-state index is 11.4. The van der Waals surface area contributed by atoms with E-state index in [1.54, 1.807) is 0 Å². The Morgan fingerprint density at radius 1 is 1.26 bits per heavy atom. The summed E-state index contributed by atoms with van der Waals surface area (Å²) < 4.78 is 5.78. The number of carbonyl (C=O) groups is 1. The van der Waals surface area contributed by atoms with E-state index >= 15 is 0 Å². The molecule has 0 radical (unpaired) electrons. The van der Waals surface area contributed by atoms with Gasteiger partial charge >= 0.3 is 0 Å². The van der Waals surface area contributed by atoms with Crippen LogP contribution >= 0.6 is 0 Å². The van der Waals surface area contributed by atoms with Crippen molar-refractivity contribution >= 4 is 5.91 Å². The van der Waals surface area contributed by atoms with Gasteiger partial charge in [0.25, 0.3) is 0 Å². The van der Waals surface area contributed by atoms with Gasteiger partial charge in [-0.05, 0) is 17.0 Å². The summed E-state index contributed by atoms with van der Waals surface area (Å²) in [5, 5.41) is 2.85. The lowest BCUT2D eigenvalue weighted by molar-refractivity contribution is -0.124. The Kier molecular flexibility index (Phi) is 5.40. The summed E-state index contributed by atoms with van der Waals surface area (Å²) in [5.74, 6) is 0.975. The number of nitrogens with one attached hydrogen (secondary N) is 1. The number of carbonyl (C=O) groups excluding carboxylic acids is 1. The Morgan fingerprint density at radius 2 is 1.89 bits per heavy atom. The standard InChI is InChI=1S/C16H25NO2/c1-12(2)15(18)17-10-11-19-14-9-7-6-8-13(14)16(3,4)5/h6-9,12H,10-11H2,1-5H3,(H,17,18). The van der Waals surface area contributed by atoms with Crippen LogP contribution in [0.25, 0.3) is 0 Å². The first kappa shape index (κ1) is 15.5. The van der Waals surface area contributed by atoms with Gasteiger partial charge in [-0.2, -0.15) is 0 Å². The second kappa shape index (κ2) is 6.60. The van der Waals surface area contributed by atoms with Gasteiger partial charge in [-0.25, -0.2) is 0 Å². The predicted molar refractivity (Wildman–Crippen MR) is 78.5 cm³/mol. The molecule has 1 rings (SSSR count). The van der Waals surface area contributed by atoms with E-state index in [9.17, 15) is 4.79 Å². The van der Waals surface area contributed by atoms with E-state index in [-0.39, 0.29) is 17.2 Å². The van der Waals surface area contributed by atoms with Gasteiger partial charge in [-0.1, -0.05) is 52.8 Å². The minimum absolute atomic E-state index is 0.0156. The van der Waals surface area contributed by atoms with Gasteiger partial charge in [0.1, 0.15) is 12.4 Å². The zero-order valence-electron chi connectivity index (χ0n) is 12.6. The van der Waals surface area contributed by atoms with Crippen LogP contribution in [0, 0.1) is 5.92 Å². The lowest BCUT2D eigenvalue weighted by Gasteiger charge is -2.22. The fourth-order valence-electron chi connectivity index (χ4n) is 1.75. The molecule has 1 N–H and O–H groups in total. The zero-order chi connectivity index (χ0) is 14.5. The highest BCUT2D eigenvalue weighted by atomic mass is 16.5. The molecule has 0 aliphatic carbocycles. The van der Waals surface area contributed by atoms with E-state index in [4.69, 9.17) is 4.74 Å². The Morgan fingerprint density at radius 3 is 2.47 bits per heavy atom. The van der Waals surface area contributed by atoms with Gasteiger partial charge in [-0.15, -0.1) is 0 Å². The van der Waals surface area contributed by atoms with Crippen molar-refractivity contribution < 1.29 is 9.53 Å². The van der Waals surface area contributed by atoms with Crippen molar-refractivity contribution in [3.8, 4) is 5.75 Å². The first-order valence-electron chi connectivity index (χ1n) is 6.82. The van der Waals surface area contributed by atoms with Crippen molar-refractivity contribution in [2.24, 2.45) is 5.92 Å². The molecule has 0 aliphatic heterocycles. The predicted octanol–water partition coefficient (Wildman–Crippen LogP) is 3.14. The SMILES string of the molecule is CC(C)C(=O)NCCOc1ccccc1C(C)(C)C. The molecular weight excluding hydrogens is 238 g/mol. The number of amides is 1. The molecule has 0 aliphatic rings. The summed E-state index contributed by atoms with van der Waals surface area (Å²) in [5.41, 5.74) is 1.24. The smallest absolute Gasteiger partial charge is 0.222 e. The minimum atomic E-state index is 0.0156. The van der Waals surface area contributed by atoms with Crippen LogP contribution in [0.3, 0.4) is 0 Å². The van der Waals surface area contributed by atoms with E-state index in [2.05, 4.69) is 32.2 Å². The van der Waals surface area contributed by atoms with Crippen LogP contribution in [-0.2, 0) is 10.2 Å². The van der Waals surface area contributed by atoms with Crippen LogP contribution in [0.4, 0.5) is 0 Å². The molecule has 3 nitrogen and oxygen atoms in total. The topological polar surface area (TPSA) is 38.3 Å². The average molecular weight is 263 g/mol. The van der Waals surface area contributed by atoms with E-state index in [1.165, 1.54) is 5.56 Å². The van der Waals surface area contributed by atoms with Crippen LogP contribution in [0.15, 0.2) is 24.3 Å². The third kappa shape index (κ3) is 4.93. The average Bonchev–Trinajstić information content (AvgIpc) is 2.33. The highest BCUT2D eigenvalue weighted by molar-refractivity contribution is 5.77. The molecule has 0 atom stereocenters. The van der Waals surface area contributed by atoms with Crippen molar-refractivity contribution in [2.45, 2.75) is 40.0 Å². The fraction of sp³-hybridized carbons (Fsp3) is 0.562. The third-order valence-corrected chi connectivity index (χ3v) is 2.88.